The van der Waals surface area contributed by atoms with Gasteiger partial charge >= 0.3 is 0 Å². The normalized spacial score (nSPS) is 17.2. The van der Waals surface area contributed by atoms with E-state index in [0.29, 0.717) is 11.8 Å². The molecule has 2 aliphatic carbocycles. The van der Waals surface area contributed by atoms with Crippen LogP contribution in [0.3, 0.4) is 0 Å². The van der Waals surface area contributed by atoms with Crippen LogP contribution in [0.5, 0.6) is 0 Å². The molecule has 3 atom stereocenters. The lowest BCUT2D eigenvalue weighted by atomic mass is 9.84. The molecule has 61 heavy (non-hydrogen) atoms. The molecule has 290 valence electrons. The average molecular weight is 818 g/mol. The molecule has 0 aliphatic heterocycles. The highest BCUT2D eigenvalue weighted by Gasteiger charge is 2.26. The predicted molar refractivity (Wildman–Crippen MR) is 259 cm³/mol. The van der Waals surface area contributed by atoms with Gasteiger partial charge in [0, 0.05) is 59.0 Å². The van der Waals surface area contributed by atoms with Crippen LogP contribution in [0.4, 0.5) is 0 Å². The van der Waals surface area contributed by atoms with Crippen molar-refractivity contribution in [1.82, 2.24) is 15.0 Å². The van der Waals surface area contributed by atoms with E-state index in [-0.39, 0.29) is 5.92 Å². The summed E-state index contributed by atoms with van der Waals surface area (Å²) in [6.07, 6.45) is 14.4. The van der Waals surface area contributed by atoms with Gasteiger partial charge in [0.15, 0.2) is 5.82 Å². The van der Waals surface area contributed by atoms with Crippen LogP contribution in [0.2, 0.25) is 0 Å². The third-order valence-electron chi connectivity index (χ3n) is 12.6. The fourth-order valence-corrected chi connectivity index (χ4v) is 12.0. The summed E-state index contributed by atoms with van der Waals surface area (Å²) in [5, 5.41) is 5.01. The van der Waals surface area contributed by atoms with Crippen LogP contribution in [-0.4, -0.2) is 15.0 Å². The molecule has 0 radical (unpaired) electrons. The van der Waals surface area contributed by atoms with Gasteiger partial charge in [-0.25, -0.2) is 15.0 Å². The molecule has 0 saturated heterocycles. The Morgan fingerprint density at radius 3 is 2.15 bits per heavy atom. The van der Waals surface area contributed by atoms with Crippen molar-refractivity contribution in [1.29, 1.82) is 0 Å². The van der Waals surface area contributed by atoms with Gasteiger partial charge in [0.1, 0.15) is 0 Å². The fraction of sp³-hybridized carbons (Fsp3) is 0.0893. The van der Waals surface area contributed by atoms with Gasteiger partial charge in [-0.05, 0) is 70.3 Å². The van der Waals surface area contributed by atoms with Crippen molar-refractivity contribution in [3.8, 4) is 45.0 Å². The summed E-state index contributed by atoms with van der Waals surface area (Å²) in [4.78, 5) is 17.6. The molecule has 6 aromatic carbocycles. The number of pyridine rings is 1. The van der Waals surface area contributed by atoms with Crippen LogP contribution in [0.25, 0.3) is 92.3 Å². The zero-order valence-corrected chi connectivity index (χ0v) is 35.1. The smallest absolute Gasteiger partial charge is 0.160 e. The molecule has 3 nitrogen and oxygen atoms in total. The van der Waals surface area contributed by atoms with Crippen LogP contribution in [-0.2, 0) is 0 Å². The maximum atomic E-state index is 5.54. The molecule has 0 amide bonds. The van der Waals surface area contributed by atoms with E-state index in [1.54, 1.807) is 0 Å². The van der Waals surface area contributed by atoms with Crippen molar-refractivity contribution in [3.63, 3.8) is 0 Å². The lowest BCUT2D eigenvalue weighted by Crippen LogP contribution is -2.07. The van der Waals surface area contributed by atoms with Crippen LogP contribution < -0.4 is 0 Å². The number of hydrogen-bond donors (Lipinski definition) is 0. The number of benzene rings is 6. The van der Waals surface area contributed by atoms with E-state index < -0.39 is 0 Å². The number of fused-ring (bicyclic) bond motifs is 8. The van der Waals surface area contributed by atoms with Crippen LogP contribution >= 0.6 is 22.7 Å². The van der Waals surface area contributed by atoms with Crippen LogP contribution in [0.1, 0.15) is 46.9 Å². The van der Waals surface area contributed by atoms with Crippen molar-refractivity contribution >= 4 is 69.9 Å². The van der Waals surface area contributed by atoms with E-state index in [9.17, 15) is 0 Å². The van der Waals surface area contributed by atoms with Crippen molar-refractivity contribution in [2.24, 2.45) is 5.92 Å². The molecular weight excluding hydrogens is 779 g/mol. The van der Waals surface area contributed by atoms with Crippen molar-refractivity contribution in [2.45, 2.75) is 25.2 Å². The quantitative estimate of drug-likeness (QED) is 0.168. The number of allylic oxidation sites excluding steroid dienone is 5. The van der Waals surface area contributed by atoms with E-state index in [1.165, 1.54) is 57.2 Å². The molecule has 2 aliphatic rings. The highest BCUT2D eigenvalue weighted by atomic mass is 32.1. The van der Waals surface area contributed by atoms with E-state index >= 15 is 0 Å². The predicted octanol–water partition coefficient (Wildman–Crippen LogP) is 15.7. The lowest BCUT2D eigenvalue weighted by molar-refractivity contribution is 0.635. The Balaban J connectivity index is 0.995. The summed E-state index contributed by atoms with van der Waals surface area (Å²) in [5.74, 6) is 1.74. The highest BCUT2D eigenvalue weighted by Crippen LogP contribution is 2.46. The molecule has 0 spiro atoms. The summed E-state index contributed by atoms with van der Waals surface area (Å²) >= 11 is 3.71. The Morgan fingerprint density at radius 1 is 0.557 bits per heavy atom. The Labute approximate surface area is 362 Å². The first-order valence-electron chi connectivity index (χ1n) is 21.1. The summed E-state index contributed by atoms with van der Waals surface area (Å²) in [6.45, 7) is 2.29. The summed E-state index contributed by atoms with van der Waals surface area (Å²) < 4.78 is 3.77. The second-order valence-electron chi connectivity index (χ2n) is 16.3. The highest BCUT2D eigenvalue weighted by molar-refractivity contribution is 7.26. The van der Waals surface area contributed by atoms with E-state index in [4.69, 9.17) is 15.0 Å². The van der Waals surface area contributed by atoms with Gasteiger partial charge in [0.2, 0.25) is 0 Å². The standard InChI is InChI=1S/C56H39N3S2/c1-34-13-5-6-18-41(34)36-27-25-35(26-28-36)38-29-30-44-48(32-38)57-53(55-52(44)46-20-8-10-24-51(46)61-55)39-16-11-17-40(31-39)56-58-47(37-14-3-2-4-15-37)33-49(59-56)45-22-12-21-43-42-19-7-9-23-50(42)60-54(43)45/h2-21,23-34,41,45H,22H2,1H3. The molecular formula is C56H39N3S2. The molecule has 3 unspecified atom stereocenters. The molecule has 0 bridgehead atoms. The first-order valence-corrected chi connectivity index (χ1v) is 22.7. The Bertz CT molecular complexity index is 3420. The maximum Gasteiger partial charge on any atom is 0.160 e. The Morgan fingerprint density at radius 2 is 1.30 bits per heavy atom. The van der Waals surface area contributed by atoms with Gasteiger partial charge in [-0.1, -0.05) is 165 Å². The van der Waals surface area contributed by atoms with E-state index in [2.05, 4.69) is 195 Å². The monoisotopic (exact) mass is 817 g/mol. The second kappa shape index (κ2) is 14.7. The van der Waals surface area contributed by atoms with Crippen molar-refractivity contribution < 1.29 is 0 Å². The van der Waals surface area contributed by atoms with E-state index in [0.717, 1.165) is 57.1 Å². The molecule has 0 fully saturated rings. The molecule has 10 aromatic rings. The molecule has 4 aromatic heterocycles. The number of thiophene rings is 2. The summed E-state index contributed by atoms with van der Waals surface area (Å²) in [7, 11) is 0. The first-order chi connectivity index (χ1) is 30.1. The largest absolute Gasteiger partial charge is 0.246 e. The minimum atomic E-state index is 0.139. The van der Waals surface area contributed by atoms with Gasteiger partial charge in [0.25, 0.3) is 0 Å². The molecule has 5 heteroatoms. The Hall–Kier alpha value is -6.79. The zero-order valence-electron chi connectivity index (χ0n) is 33.5. The van der Waals surface area contributed by atoms with Crippen molar-refractivity contribution in [3.05, 3.63) is 204 Å². The topological polar surface area (TPSA) is 38.7 Å². The van der Waals surface area contributed by atoms with Gasteiger partial charge in [0.05, 0.1) is 27.3 Å². The van der Waals surface area contributed by atoms with Gasteiger partial charge in [-0.3, -0.25) is 0 Å². The van der Waals surface area contributed by atoms with Crippen LogP contribution in [0.15, 0.2) is 182 Å². The third-order valence-corrected chi connectivity index (χ3v) is 15.0. The minimum absolute atomic E-state index is 0.139. The number of hydrogen-bond acceptors (Lipinski definition) is 5. The zero-order chi connectivity index (χ0) is 40.4. The summed E-state index contributed by atoms with van der Waals surface area (Å²) in [5.41, 5.74) is 12.1. The average Bonchev–Trinajstić information content (AvgIpc) is 3.91. The third kappa shape index (κ3) is 6.27. The minimum Gasteiger partial charge on any atom is -0.246 e. The Kier molecular flexibility index (Phi) is 8.72. The SMILES string of the molecule is CC1C=CC=CC1c1ccc(-c2ccc3c(c2)nc(-c2cccc(-c4nc(-c5ccccc5)cc(C5CC=Cc6c5sc5ccccc65)n4)c2)c2sc4ccccc4c23)cc1. The number of rotatable bonds is 6. The van der Waals surface area contributed by atoms with Crippen LogP contribution in [0, 0.1) is 5.92 Å². The molecule has 0 saturated carbocycles. The number of nitrogens with zero attached hydrogens (tertiary/aromatic N) is 3. The maximum absolute atomic E-state index is 5.54. The molecule has 0 N–H and O–H groups in total. The van der Waals surface area contributed by atoms with Gasteiger partial charge in [-0.15, -0.1) is 22.7 Å². The molecule has 4 heterocycles. The molecule has 12 rings (SSSR count). The van der Waals surface area contributed by atoms with Gasteiger partial charge < -0.3 is 0 Å². The number of aromatic nitrogens is 3. The first kappa shape index (κ1) is 36.1. The van der Waals surface area contributed by atoms with Gasteiger partial charge in [-0.2, -0.15) is 0 Å². The lowest BCUT2D eigenvalue weighted by Gasteiger charge is -2.21. The van der Waals surface area contributed by atoms with E-state index in [1.807, 2.05) is 22.7 Å². The summed E-state index contributed by atoms with van der Waals surface area (Å²) in [6, 6.07) is 54.9. The van der Waals surface area contributed by atoms with Crippen molar-refractivity contribution in [2.75, 3.05) is 0 Å². The second-order valence-corrected chi connectivity index (χ2v) is 18.4. The fourth-order valence-electron chi connectivity index (χ4n) is 9.43.